The van der Waals surface area contributed by atoms with Gasteiger partial charge in [-0.1, -0.05) is 81.1 Å². The van der Waals surface area contributed by atoms with Crippen molar-refractivity contribution in [3.63, 3.8) is 0 Å². The van der Waals surface area contributed by atoms with Crippen LogP contribution >= 0.6 is 0 Å². The average molecular weight is 517 g/mol. The van der Waals surface area contributed by atoms with Gasteiger partial charge in [-0.15, -0.1) is 5.10 Å². The van der Waals surface area contributed by atoms with E-state index < -0.39 is 12.4 Å². The Balaban J connectivity index is 1.44. The molecule has 1 saturated carbocycles. The molecular weight excluding hydrogens is 483 g/mol. The highest BCUT2D eigenvalue weighted by molar-refractivity contribution is 5.81. The number of halogens is 1. The number of tetrazole rings is 1. The first-order valence-corrected chi connectivity index (χ1v) is 13.5. The number of hydrogen-bond donors (Lipinski definition) is 1. The van der Waals surface area contributed by atoms with Gasteiger partial charge < -0.3 is 0 Å². The molecule has 0 atom stereocenters. The zero-order valence-electron chi connectivity index (χ0n) is 21.7. The predicted molar refractivity (Wildman–Crippen MR) is 143 cm³/mol. The summed E-state index contributed by atoms with van der Waals surface area (Å²) in [7, 11) is 0. The molecule has 1 fully saturated rings. The van der Waals surface area contributed by atoms with Gasteiger partial charge in [-0.25, -0.2) is 18.9 Å². The molecule has 5 rings (SSSR count). The Hall–Kier alpha value is -3.88. The minimum Gasteiger partial charge on any atom is -0.291 e. The van der Waals surface area contributed by atoms with Crippen molar-refractivity contribution in [2.75, 3.05) is 0 Å². The van der Waals surface area contributed by atoms with Crippen LogP contribution in [0.4, 0.5) is 4.39 Å². The highest BCUT2D eigenvalue weighted by atomic mass is 19.1. The molecule has 0 spiro atoms. The summed E-state index contributed by atoms with van der Waals surface area (Å²) in [6.07, 6.45) is 7.00. The van der Waals surface area contributed by atoms with E-state index in [9.17, 15) is 14.0 Å². The summed E-state index contributed by atoms with van der Waals surface area (Å²) < 4.78 is 17.0. The van der Waals surface area contributed by atoms with Gasteiger partial charge in [0.2, 0.25) is 5.91 Å². The van der Waals surface area contributed by atoms with Crippen LogP contribution in [0.15, 0.2) is 53.3 Å². The van der Waals surface area contributed by atoms with E-state index in [0.29, 0.717) is 24.4 Å². The number of nitrogens with one attached hydrogen (secondary N) is 1. The van der Waals surface area contributed by atoms with Crippen molar-refractivity contribution in [1.29, 1.82) is 0 Å². The lowest BCUT2D eigenvalue weighted by atomic mass is 9.87. The fraction of sp³-hybridized carbons (Fsp3) is 0.414. The number of H-pyrrole nitrogens is 1. The number of benzene rings is 2. The second kappa shape index (κ2) is 11.7. The van der Waals surface area contributed by atoms with Crippen molar-refractivity contribution < 1.29 is 9.18 Å². The topological polar surface area (TPSA) is 98.5 Å². The second-order valence-corrected chi connectivity index (χ2v) is 10.1. The number of imidazole rings is 1. The van der Waals surface area contributed by atoms with Crippen LogP contribution in [0.1, 0.15) is 73.6 Å². The fourth-order valence-corrected chi connectivity index (χ4v) is 5.63. The van der Waals surface area contributed by atoms with E-state index in [4.69, 9.17) is 0 Å². The minimum absolute atomic E-state index is 0.212. The Kier molecular flexibility index (Phi) is 7.91. The molecule has 0 amide bonds. The summed E-state index contributed by atoms with van der Waals surface area (Å²) in [5, 5.41) is 14.2. The van der Waals surface area contributed by atoms with E-state index in [0.717, 1.165) is 58.9 Å². The SMILES string of the molecule is CCCc1c(CF)n(C(=O)CC2CCCCC2)c(=O)n1Cc1ccc(-c2ccccc2-c2nnn[nH]2)cc1. The van der Waals surface area contributed by atoms with Crippen molar-refractivity contribution in [2.45, 2.75) is 71.5 Å². The summed E-state index contributed by atoms with van der Waals surface area (Å²) in [6.45, 7) is 1.44. The quantitative estimate of drug-likeness (QED) is 0.313. The molecule has 0 saturated heterocycles. The van der Waals surface area contributed by atoms with Crippen LogP contribution in [0.2, 0.25) is 0 Å². The number of carbonyl (C=O) groups is 1. The molecular formula is C29H33FN6O2. The van der Waals surface area contributed by atoms with E-state index in [1.807, 2.05) is 55.5 Å². The van der Waals surface area contributed by atoms with Gasteiger partial charge in [0, 0.05) is 17.7 Å². The summed E-state index contributed by atoms with van der Waals surface area (Å²) in [5.74, 6) is 0.578. The third kappa shape index (κ3) is 5.23. The third-order valence-electron chi connectivity index (χ3n) is 7.54. The van der Waals surface area contributed by atoms with E-state index in [1.54, 1.807) is 4.57 Å². The number of aromatic nitrogens is 6. The smallest absolute Gasteiger partial charge is 0.291 e. The van der Waals surface area contributed by atoms with E-state index >= 15 is 0 Å². The molecule has 1 N–H and O–H groups in total. The van der Waals surface area contributed by atoms with Gasteiger partial charge >= 0.3 is 5.69 Å². The first-order chi connectivity index (χ1) is 18.6. The lowest BCUT2D eigenvalue weighted by Gasteiger charge is -2.20. The maximum Gasteiger partial charge on any atom is 0.335 e. The Morgan fingerprint density at radius 3 is 2.42 bits per heavy atom. The van der Waals surface area contributed by atoms with E-state index in [-0.39, 0.29) is 24.1 Å². The number of rotatable bonds is 9. The molecule has 9 heteroatoms. The number of alkyl halides is 1. The maximum atomic E-state index is 14.3. The Morgan fingerprint density at radius 2 is 1.76 bits per heavy atom. The van der Waals surface area contributed by atoms with Gasteiger partial charge in [0.05, 0.1) is 12.2 Å². The monoisotopic (exact) mass is 516 g/mol. The first-order valence-electron chi connectivity index (χ1n) is 13.5. The molecule has 1 aliphatic rings. The van der Waals surface area contributed by atoms with Crippen LogP contribution in [-0.4, -0.2) is 35.7 Å². The molecule has 0 unspecified atom stereocenters. The fourth-order valence-electron chi connectivity index (χ4n) is 5.63. The average Bonchev–Trinajstić information content (AvgIpc) is 3.57. The van der Waals surface area contributed by atoms with Gasteiger partial charge in [-0.3, -0.25) is 9.36 Å². The van der Waals surface area contributed by atoms with Gasteiger partial charge in [0.15, 0.2) is 5.82 Å². The minimum atomic E-state index is -0.833. The largest absolute Gasteiger partial charge is 0.335 e. The molecule has 8 nitrogen and oxygen atoms in total. The number of nitrogens with zero attached hydrogens (tertiary/aromatic N) is 5. The molecule has 198 valence electrons. The third-order valence-corrected chi connectivity index (χ3v) is 7.54. The van der Waals surface area contributed by atoms with Crippen molar-refractivity contribution in [3.05, 3.63) is 76.0 Å². The van der Waals surface area contributed by atoms with E-state index in [2.05, 4.69) is 20.6 Å². The van der Waals surface area contributed by atoms with Crippen LogP contribution in [0.3, 0.4) is 0 Å². The molecule has 2 aromatic carbocycles. The molecule has 2 aromatic heterocycles. The van der Waals surface area contributed by atoms with Crippen LogP contribution < -0.4 is 5.69 Å². The number of hydrogen-bond acceptors (Lipinski definition) is 5. The molecule has 0 aliphatic heterocycles. The molecule has 38 heavy (non-hydrogen) atoms. The zero-order chi connectivity index (χ0) is 26.5. The van der Waals surface area contributed by atoms with Crippen molar-refractivity contribution in [2.24, 2.45) is 5.92 Å². The maximum absolute atomic E-state index is 14.3. The van der Waals surface area contributed by atoms with Crippen LogP contribution in [0, 0.1) is 5.92 Å². The van der Waals surface area contributed by atoms with Crippen molar-refractivity contribution in [3.8, 4) is 22.5 Å². The standard InChI is InChI=1S/C29H33FN6O2/c1-2-8-25-26(18-30)36(27(37)17-20-9-4-3-5-10-20)29(38)35(25)19-21-13-15-22(16-14-21)23-11-6-7-12-24(23)28-31-33-34-32-28/h6-7,11-16,20H,2-5,8-10,17-19H2,1H3,(H,31,32,33,34). The Labute approximate surface area is 220 Å². The summed E-state index contributed by atoms with van der Waals surface area (Å²) in [6, 6.07) is 15.7. The molecule has 0 radical (unpaired) electrons. The van der Waals surface area contributed by atoms with Gasteiger partial charge in [0.25, 0.3) is 0 Å². The lowest BCUT2D eigenvalue weighted by Crippen LogP contribution is -2.31. The summed E-state index contributed by atoms with van der Waals surface area (Å²) in [5.41, 5.74) is 4.12. The van der Waals surface area contributed by atoms with Gasteiger partial charge in [-0.2, -0.15) is 0 Å². The summed E-state index contributed by atoms with van der Waals surface area (Å²) >= 11 is 0. The Morgan fingerprint density at radius 1 is 1.03 bits per heavy atom. The molecule has 2 heterocycles. The van der Waals surface area contributed by atoms with Crippen LogP contribution in [0.5, 0.6) is 0 Å². The second-order valence-electron chi connectivity index (χ2n) is 10.1. The number of aromatic amines is 1. The van der Waals surface area contributed by atoms with Crippen molar-refractivity contribution >= 4 is 5.91 Å². The Bertz CT molecular complexity index is 1430. The molecule has 4 aromatic rings. The van der Waals surface area contributed by atoms with Gasteiger partial charge in [-0.05, 0) is 52.3 Å². The van der Waals surface area contributed by atoms with E-state index in [1.165, 1.54) is 6.42 Å². The highest BCUT2D eigenvalue weighted by Gasteiger charge is 2.26. The number of carbonyl (C=O) groups excluding carboxylic acids is 1. The van der Waals surface area contributed by atoms with Crippen LogP contribution in [0.25, 0.3) is 22.5 Å². The lowest BCUT2D eigenvalue weighted by molar-refractivity contribution is 0.0857. The normalized spacial score (nSPS) is 14.2. The molecule has 0 bridgehead atoms. The first kappa shape index (κ1) is 25.8. The predicted octanol–water partition coefficient (Wildman–Crippen LogP) is 5.58. The van der Waals surface area contributed by atoms with Crippen LogP contribution in [-0.2, 0) is 19.6 Å². The zero-order valence-corrected chi connectivity index (χ0v) is 21.7. The summed E-state index contributed by atoms with van der Waals surface area (Å²) in [4.78, 5) is 26.7. The van der Waals surface area contributed by atoms with Crippen molar-refractivity contribution in [1.82, 2.24) is 29.8 Å². The molecule has 1 aliphatic carbocycles. The highest BCUT2D eigenvalue weighted by Crippen LogP contribution is 2.30. The van der Waals surface area contributed by atoms with Gasteiger partial charge in [0.1, 0.15) is 6.67 Å².